The number of hydrogen-bond acceptors (Lipinski definition) is 3. The summed E-state index contributed by atoms with van der Waals surface area (Å²) in [5, 5.41) is 12.5. The lowest BCUT2D eigenvalue weighted by atomic mass is 9.93. The van der Waals surface area contributed by atoms with E-state index in [4.69, 9.17) is 4.74 Å². The summed E-state index contributed by atoms with van der Waals surface area (Å²) >= 11 is 0. The van der Waals surface area contributed by atoms with Crippen molar-refractivity contribution in [2.75, 3.05) is 7.11 Å². The molecule has 1 amide bonds. The van der Waals surface area contributed by atoms with Gasteiger partial charge in [0, 0.05) is 11.6 Å². The van der Waals surface area contributed by atoms with Crippen molar-refractivity contribution in [1.29, 1.82) is 0 Å². The van der Waals surface area contributed by atoms with Gasteiger partial charge in [0.15, 0.2) is 0 Å². The Balaban J connectivity index is 2.00. The van der Waals surface area contributed by atoms with E-state index in [0.717, 1.165) is 37.0 Å². The molecule has 0 aromatic heterocycles. The highest BCUT2D eigenvalue weighted by Crippen LogP contribution is 2.21. The molecule has 0 aliphatic heterocycles. The minimum absolute atomic E-state index is 0.0697. The Morgan fingerprint density at radius 1 is 1.32 bits per heavy atom. The molecule has 2 rings (SSSR count). The topological polar surface area (TPSA) is 58.6 Å². The zero-order valence-electron chi connectivity index (χ0n) is 11.5. The number of carbonyl (C=O) groups is 1. The Morgan fingerprint density at radius 2 is 2.00 bits per heavy atom. The number of hydrogen-bond donors (Lipinski definition) is 2. The molecule has 1 aliphatic carbocycles. The Labute approximate surface area is 113 Å². The zero-order chi connectivity index (χ0) is 13.8. The molecule has 0 radical (unpaired) electrons. The first kappa shape index (κ1) is 13.9. The molecule has 0 bridgehead atoms. The number of amides is 1. The second-order valence-electron chi connectivity index (χ2n) is 5.16. The van der Waals surface area contributed by atoms with Crippen LogP contribution in [0.5, 0.6) is 5.75 Å². The van der Waals surface area contributed by atoms with Crippen LogP contribution in [0.1, 0.15) is 41.6 Å². The van der Waals surface area contributed by atoms with E-state index in [2.05, 4.69) is 5.32 Å². The first-order valence-corrected chi connectivity index (χ1v) is 6.73. The summed E-state index contributed by atoms with van der Waals surface area (Å²) in [4.78, 5) is 12.1. The Morgan fingerprint density at radius 3 is 2.63 bits per heavy atom. The molecular weight excluding hydrogens is 242 g/mol. The molecule has 1 fully saturated rings. The largest absolute Gasteiger partial charge is 0.496 e. The molecule has 1 aliphatic rings. The highest BCUT2D eigenvalue weighted by atomic mass is 16.5. The van der Waals surface area contributed by atoms with E-state index in [-0.39, 0.29) is 18.1 Å². The minimum atomic E-state index is -0.201. The molecular formula is C15H21NO3. The van der Waals surface area contributed by atoms with Gasteiger partial charge in [0.2, 0.25) is 0 Å². The first-order chi connectivity index (χ1) is 9.10. The van der Waals surface area contributed by atoms with Gasteiger partial charge in [-0.25, -0.2) is 0 Å². The summed E-state index contributed by atoms with van der Waals surface area (Å²) in [5.41, 5.74) is 1.63. The van der Waals surface area contributed by atoms with E-state index < -0.39 is 0 Å². The number of carbonyl (C=O) groups excluding carboxylic acids is 1. The Hall–Kier alpha value is -1.55. The number of benzene rings is 1. The van der Waals surface area contributed by atoms with Crippen LogP contribution in [0.15, 0.2) is 18.2 Å². The SMILES string of the molecule is COc1cc(C(=O)NC2CCC(O)CC2)ccc1C. The fourth-order valence-corrected chi connectivity index (χ4v) is 2.45. The first-order valence-electron chi connectivity index (χ1n) is 6.73. The molecule has 0 spiro atoms. The number of aliphatic hydroxyl groups is 1. The van der Waals surface area contributed by atoms with Crippen LogP contribution in [0.2, 0.25) is 0 Å². The van der Waals surface area contributed by atoms with Gasteiger partial charge in [-0.05, 0) is 50.3 Å². The average molecular weight is 263 g/mol. The number of rotatable bonds is 3. The standard InChI is InChI=1S/C15H21NO3/c1-10-3-4-11(9-14(10)19-2)15(18)16-12-5-7-13(17)8-6-12/h3-4,9,12-13,17H,5-8H2,1-2H3,(H,16,18). The van der Waals surface area contributed by atoms with Crippen LogP contribution in [0.3, 0.4) is 0 Å². The molecule has 2 N–H and O–H groups in total. The van der Waals surface area contributed by atoms with Crippen molar-refractivity contribution in [3.8, 4) is 5.75 Å². The Kier molecular flexibility index (Phi) is 4.43. The number of aryl methyl sites for hydroxylation is 1. The van der Waals surface area contributed by atoms with Gasteiger partial charge in [0.1, 0.15) is 5.75 Å². The lowest BCUT2D eigenvalue weighted by molar-refractivity contribution is 0.0867. The highest BCUT2D eigenvalue weighted by Gasteiger charge is 2.21. The predicted molar refractivity (Wildman–Crippen MR) is 73.5 cm³/mol. The van der Waals surface area contributed by atoms with Crippen LogP contribution in [0.25, 0.3) is 0 Å². The normalized spacial score (nSPS) is 22.9. The molecule has 4 nitrogen and oxygen atoms in total. The summed E-state index contributed by atoms with van der Waals surface area (Å²) in [5.74, 6) is 0.659. The lowest BCUT2D eigenvalue weighted by Gasteiger charge is -2.26. The fraction of sp³-hybridized carbons (Fsp3) is 0.533. The Bertz CT molecular complexity index is 451. The number of nitrogens with one attached hydrogen (secondary N) is 1. The molecule has 1 aromatic rings. The molecule has 0 unspecified atom stereocenters. The molecule has 0 heterocycles. The quantitative estimate of drug-likeness (QED) is 0.877. The molecule has 0 saturated heterocycles. The van der Waals surface area contributed by atoms with E-state index in [0.29, 0.717) is 5.56 Å². The van der Waals surface area contributed by atoms with Gasteiger partial charge in [0.05, 0.1) is 13.2 Å². The maximum Gasteiger partial charge on any atom is 0.251 e. The summed E-state index contributed by atoms with van der Waals surface area (Å²) in [7, 11) is 1.60. The van der Waals surface area contributed by atoms with E-state index in [1.54, 1.807) is 13.2 Å². The summed E-state index contributed by atoms with van der Waals surface area (Å²) in [6.45, 7) is 1.95. The number of aliphatic hydroxyl groups excluding tert-OH is 1. The van der Waals surface area contributed by atoms with Crippen molar-refractivity contribution in [3.63, 3.8) is 0 Å². The van der Waals surface area contributed by atoms with Crippen molar-refractivity contribution in [2.24, 2.45) is 0 Å². The zero-order valence-corrected chi connectivity index (χ0v) is 11.5. The van der Waals surface area contributed by atoms with Crippen molar-refractivity contribution in [1.82, 2.24) is 5.32 Å². The van der Waals surface area contributed by atoms with Crippen LogP contribution in [-0.2, 0) is 0 Å². The second-order valence-corrected chi connectivity index (χ2v) is 5.16. The fourth-order valence-electron chi connectivity index (χ4n) is 2.45. The van der Waals surface area contributed by atoms with Gasteiger partial charge < -0.3 is 15.2 Å². The van der Waals surface area contributed by atoms with Crippen LogP contribution < -0.4 is 10.1 Å². The molecule has 1 aromatic carbocycles. The van der Waals surface area contributed by atoms with Gasteiger partial charge in [-0.3, -0.25) is 4.79 Å². The van der Waals surface area contributed by atoms with Crippen molar-refractivity contribution in [2.45, 2.75) is 44.8 Å². The number of ether oxygens (including phenoxy) is 1. The van der Waals surface area contributed by atoms with Crippen LogP contribution in [0.4, 0.5) is 0 Å². The van der Waals surface area contributed by atoms with E-state index >= 15 is 0 Å². The monoisotopic (exact) mass is 263 g/mol. The van der Waals surface area contributed by atoms with Crippen molar-refractivity contribution >= 4 is 5.91 Å². The maximum absolute atomic E-state index is 12.1. The summed E-state index contributed by atoms with van der Waals surface area (Å²) in [6.07, 6.45) is 3.02. The molecule has 4 heteroatoms. The van der Waals surface area contributed by atoms with E-state index in [9.17, 15) is 9.90 Å². The van der Waals surface area contributed by atoms with Gasteiger partial charge in [-0.2, -0.15) is 0 Å². The predicted octanol–water partition coefficient (Wildman–Crippen LogP) is 2.04. The van der Waals surface area contributed by atoms with Crippen LogP contribution >= 0.6 is 0 Å². The molecule has 0 atom stereocenters. The molecule has 1 saturated carbocycles. The van der Waals surface area contributed by atoms with Crippen LogP contribution in [-0.4, -0.2) is 30.3 Å². The van der Waals surface area contributed by atoms with Gasteiger partial charge in [-0.1, -0.05) is 6.07 Å². The van der Waals surface area contributed by atoms with Crippen molar-refractivity contribution in [3.05, 3.63) is 29.3 Å². The van der Waals surface area contributed by atoms with Gasteiger partial charge >= 0.3 is 0 Å². The average Bonchev–Trinajstić information content (AvgIpc) is 2.42. The lowest BCUT2D eigenvalue weighted by Crippen LogP contribution is -2.38. The smallest absolute Gasteiger partial charge is 0.251 e. The number of methoxy groups -OCH3 is 1. The summed E-state index contributed by atoms with van der Waals surface area (Å²) < 4.78 is 5.23. The van der Waals surface area contributed by atoms with E-state index in [1.807, 2.05) is 19.1 Å². The van der Waals surface area contributed by atoms with Crippen molar-refractivity contribution < 1.29 is 14.6 Å². The van der Waals surface area contributed by atoms with Gasteiger partial charge in [-0.15, -0.1) is 0 Å². The minimum Gasteiger partial charge on any atom is -0.496 e. The van der Waals surface area contributed by atoms with Gasteiger partial charge in [0.25, 0.3) is 5.91 Å². The third-order valence-electron chi connectivity index (χ3n) is 3.70. The van der Waals surface area contributed by atoms with E-state index in [1.165, 1.54) is 0 Å². The third kappa shape index (κ3) is 3.47. The third-order valence-corrected chi connectivity index (χ3v) is 3.70. The van der Waals surface area contributed by atoms with Crippen LogP contribution in [0, 0.1) is 6.92 Å². The maximum atomic E-state index is 12.1. The molecule has 104 valence electrons. The summed E-state index contributed by atoms with van der Waals surface area (Å²) in [6, 6.07) is 5.63. The molecule has 19 heavy (non-hydrogen) atoms. The highest BCUT2D eigenvalue weighted by molar-refractivity contribution is 5.94. The second kappa shape index (κ2) is 6.06.